The van der Waals surface area contributed by atoms with Crippen molar-refractivity contribution in [2.24, 2.45) is 0 Å². The molecule has 1 N–H and O–H groups in total. The van der Waals surface area contributed by atoms with E-state index < -0.39 is 15.8 Å². The van der Waals surface area contributed by atoms with E-state index in [4.69, 9.17) is 0 Å². The number of benzene rings is 1. The van der Waals surface area contributed by atoms with Crippen LogP contribution in [-0.2, 0) is 22.3 Å². The molecule has 6 nitrogen and oxygen atoms in total. The van der Waals surface area contributed by atoms with E-state index in [1.807, 2.05) is 0 Å². The summed E-state index contributed by atoms with van der Waals surface area (Å²) in [4.78, 5) is 11.8. The Kier molecular flexibility index (Phi) is 4.77. The summed E-state index contributed by atoms with van der Waals surface area (Å²) in [6, 6.07) is 8.64. The van der Waals surface area contributed by atoms with Crippen LogP contribution in [-0.4, -0.2) is 24.7 Å². The molecule has 1 saturated carbocycles. The molecule has 0 aliphatic heterocycles. The van der Waals surface area contributed by atoms with Crippen LogP contribution in [0.1, 0.15) is 30.0 Å². The summed E-state index contributed by atoms with van der Waals surface area (Å²) < 4.78 is 40.9. The summed E-state index contributed by atoms with van der Waals surface area (Å²) in [5.41, 5.74) is 0.981. The fraction of sp³-hybridized carbons (Fsp3) is 0.375. The first-order valence-electron chi connectivity index (χ1n) is 7.73. The van der Waals surface area contributed by atoms with Crippen molar-refractivity contribution in [2.45, 2.75) is 31.1 Å². The van der Waals surface area contributed by atoms with Crippen LogP contribution in [0.5, 0.6) is 0 Å². The van der Waals surface area contributed by atoms with Crippen molar-refractivity contribution in [1.82, 2.24) is 14.5 Å². The smallest absolute Gasteiger partial charge is 0.266 e. The van der Waals surface area contributed by atoms with Crippen LogP contribution in [0.4, 0.5) is 4.39 Å². The topological polar surface area (TPSA) is 81.1 Å². The molecule has 128 valence electrons. The minimum atomic E-state index is -3.61. The Bertz CT molecular complexity index is 891. The van der Waals surface area contributed by atoms with Crippen LogP contribution >= 0.6 is 0 Å². The summed E-state index contributed by atoms with van der Waals surface area (Å²) in [7, 11) is -3.61. The zero-order chi connectivity index (χ0) is 17.2. The number of nitrogens with zero attached hydrogens (tertiary/aromatic N) is 2. The van der Waals surface area contributed by atoms with Gasteiger partial charge in [-0.25, -0.2) is 22.2 Å². The Morgan fingerprint density at radius 2 is 2.04 bits per heavy atom. The first-order chi connectivity index (χ1) is 11.4. The molecule has 2 aromatic rings. The molecule has 1 aliphatic rings. The lowest BCUT2D eigenvalue weighted by atomic mass is 10.2. The molecule has 0 atom stereocenters. The van der Waals surface area contributed by atoms with Crippen molar-refractivity contribution in [1.29, 1.82) is 0 Å². The Morgan fingerprint density at radius 1 is 1.25 bits per heavy atom. The summed E-state index contributed by atoms with van der Waals surface area (Å²) in [6.45, 7) is 0.209. The molecule has 0 unspecified atom stereocenters. The van der Waals surface area contributed by atoms with Gasteiger partial charge in [0.1, 0.15) is 5.82 Å². The lowest BCUT2D eigenvalue weighted by Crippen LogP contribution is -2.32. The normalized spacial score (nSPS) is 14.7. The maximum atomic E-state index is 13.1. The van der Waals surface area contributed by atoms with Crippen LogP contribution in [0.25, 0.3) is 0 Å². The van der Waals surface area contributed by atoms with Gasteiger partial charge in [-0.05, 0) is 36.6 Å². The quantitative estimate of drug-likeness (QED) is 0.817. The number of nitrogens with one attached hydrogen (secondary N) is 1. The third-order valence-corrected chi connectivity index (χ3v) is 5.13. The second kappa shape index (κ2) is 6.82. The average Bonchev–Trinajstić information content (AvgIpc) is 3.33. The predicted molar refractivity (Wildman–Crippen MR) is 87.5 cm³/mol. The molecule has 24 heavy (non-hydrogen) atoms. The van der Waals surface area contributed by atoms with E-state index in [-0.39, 0.29) is 24.4 Å². The standard InChI is InChI=1S/C16H18FN3O3S/c17-14-3-1-2-12(10-14)11-24(22,23)18-8-9-20-16(21)7-6-15(19-20)13-4-5-13/h1-3,6-7,10,13,18H,4-5,8-9,11H2. The Morgan fingerprint density at radius 3 is 2.75 bits per heavy atom. The van der Waals surface area contributed by atoms with Gasteiger partial charge in [0.05, 0.1) is 18.0 Å². The number of hydrogen-bond donors (Lipinski definition) is 1. The van der Waals surface area contributed by atoms with Gasteiger partial charge in [-0.15, -0.1) is 0 Å². The summed E-state index contributed by atoms with van der Waals surface area (Å²) in [5, 5.41) is 4.27. The third-order valence-electron chi connectivity index (χ3n) is 3.77. The van der Waals surface area contributed by atoms with Crippen molar-refractivity contribution in [3.05, 3.63) is 63.8 Å². The molecule has 0 amide bonds. The number of rotatable bonds is 7. The molecule has 1 heterocycles. The third kappa shape index (κ3) is 4.48. The summed E-state index contributed by atoms with van der Waals surface area (Å²) >= 11 is 0. The number of aromatic nitrogens is 2. The highest BCUT2D eigenvalue weighted by atomic mass is 32.2. The highest BCUT2D eigenvalue weighted by Gasteiger charge is 2.25. The van der Waals surface area contributed by atoms with Crippen molar-refractivity contribution in [2.75, 3.05) is 6.54 Å². The molecular weight excluding hydrogens is 333 g/mol. The number of halogens is 1. The number of hydrogen-bond acceptors (Lipinski definition) is 4. The monoisotopic (exact) mass is 351 g/mol. The lowest BCUT2D eigenvalue weighted by Gasteiger charge is -2.09. The highest BCUT2D eigenvalue weighted by Crippen LogP contribution is 2.38. The van der Waals surface area contributed by atoms with Crippen LogP contribution in [0.3, 0.4) is 0 Å². The van der Waals surface area contributed by atoms with Gasteiger partial charge >= 0.3 is 0 Å². The molecule has 1 aromatic carbocycles. The zero-order valence-corrected chi connectivity index (χ0v) is 13.8. The van der Waals surface area contributed by atoms with E-state index in [9.17, 15) is 17.6 Å². The van der Waals surface area contributed by atoms with Gasteiger partial charge in [0.25, 0.3) is 5.56 Å². The van der Waals surface area contributed by atoms with Gasteiger partial charge in [0.2, 0.25) is 10.0 Å². The first kappa shape index (κ1) is 16.8. The van der Waals surface area contributed by atoms with Gasteiger partial charge in [-0.2, -0.15) is 5.10 Å². The SMILES string of the molecule is O=c1ccc(C2CC2)nn1CCNS(=O)(=O)Cc1cccc(F)c1. The van der Waals surface area contributed by atoms with E-state index in [0.29, 0.717) is 11.5 Å². The largest absolute Gasteiger partial charge is 0.268 e. The molecule has 3 rings (SSSR count). The van der Waals surface area contributed by atoms with Crippen LogP contribution in [0, 0.1) is 5.82 Å². The molecule has 1 aromatic heterocycles. The van der Waals surface area contributed by atoms with E-state index >= 15 is 0 Å². The van der Waals surface area contributed by atoms with Gasteiger partial charge in [-0.1, -0.05) is 12.1 Å². The van der Waals surface area contributed by atoms with Gasteiger partial charge in [0, 0.05) is 18.5 Å². The predicted octanol–water partition coefficient (Wildman–Crippen LogP) is 1.38. The molecule has 0 radical (unpaired) electrons. The fourth-order valence-electron chi connectivity index (χ4n) is 2.43. The lowest BCUT2D eigenvalue weighted by molar-refractivity contribution is 0.540. The minimum absolute atomic E-state index is 0.0542. The van der Waals surface area contributed by atoms with Crippen molar-refractivity contribution in [3.63, 3.8) is 0 Å². The Balaban J connectivity index is 1.59. The second-order valence-electron chi connectivity index (χ2n) is 5.88. The van der Waals surface area contributed by atoms with Crippen LogP contribution in [0.15, 0.2) is 41.2 Å². The van der Waals surface area contributed by atoms with E-state index in [1.54, 1.807) is 12.1 Å². The van der Waals surface area contributed by atoms with Crippen LogP contribution < -0.4 is 10.3 Å². The van der Waals surface area contributed by atoms with Crippen molar-refractivity contribution < 1.29 is 12.8 Å². The number of sulfonamides is 1. The summed E-state index contributed by atoms with van der Waals surface area (Å²) in [5.74, 6) is -0.369. The molecule has 8 heteroatoms. The van der Waals surface area contributed by atoms with Crippen molar-refractivity contribution >= 4 is 10.0 Å². The Labute approximate surface area is 139 Å². The van der Waals surface area contributed by atoms with Gasteiger partial charge < -0.3 is 0 Å². The molecule has 0 saturated heterocycles. The zero-order valence-electron chi connectivity index (χ0n) is 13.0. The fourth-order valence-corrected chi connectivity index (χ4v) is 3.55. The summed E-state index contributed by atoms with van der Waals surface area (Å²) in [6.07, 6.45) is 2.15. The highest BCUT2D eigenvalue weighted by molar-refractivity contribution is 7.88. The minimum Gasteiger partial charge on any atom is -0.268 e. The Hall–Kier alpha value is -2.06. The molecule has 1 fully saturated rings. The van der Waals surface area contributed by atoms with Gasteiger partial charge in [-0.3, -0.25) is 4.79 Å². The first-order valence-corrected chi connectivity index (χ1v) is 9.38. The maximum Gasteiger partial charge on any atom is 0.266 e. The van der Waals surface area contributed by atoms with Crippen molar-refractivity contribution in [3.8, 4) is 0 Å². The molecule has 0 bridgehead atoms. The second-order valence-corrected chi connectivity index (χ2v) is 7.68. The average molecular weight is 351 g/mol. The van der Waals surface area contributed by atoms with E-state index in [2.05, 4.69) is 9.82 Å². The van der Waals surface area contributed by atoms with Crippen LogP contribution in [0.2, 0.25) is 0 Å². The molecule has 0 spiro atoms. The molecule has 1 aliphatic carbocycles. The van der Waals surface area contributed by atoms with Gasteiger partial charge in [0.15, 0.2) is 0 Å². The maximum absolute atomic E-state index is 13.1. The molecular formula is C16H18FN3O3S. The van der Waals surface area contributed by atoms with E-state index in [1.165, 1.54) is 28.9 Å². The van der Waals surface area contributed by atoms with E-state index in [0.717, 1.165) is 18.5 Å².